The monoisotopic (exact) mass is 373 g/mol. The minimum atomic E-state index is 0.141. The third kappa shape index (κ3) is 5.70. The van der Waals surface area contributed by atoms with Crippen LogP contribution >= 0.6 is 0 Å². The zero-order chi connectivity index (χ0) is 19.1. The molecular weight excluding hydrogens is 342 g/mol. The molecule has 2 fully saturated rings. The van der Waals surface area contributed by atoms with Crippen molar-refractivity contribution < 1.29 is 14.3 Å². The topological polar surface area (TPSA) is 53.1 Å². The number of likely N-dealkylation sites (tertiary alicyclic amines) is 1. The fourth-order valence-corrected chi connectivity index (χ4v) is 3.84. The van der Waals surface area contributed by atoms with Crippen LogP contribution < -0.4 is 4.74 Å². The Hall–Kier alpha value is -2.08. The van der Waals surface area contributed by atoms with E-state index in [1.165, 1.54) is 12.8 Å². The Morgan fingerprint density at radius 1 is 0.889 bits per heavy atom. The van der Waals surface area contributed by atoms with Gasteiger partial charge in [-0.3, -0.25) is 14.5 Å². The molecule has 6 heteroatoms. The lowest BCUT2D eigenvalue weighted by Crippen LogP contribution is -2.52. The summed E-state index contributed by atoms with van der Waals surface area (Å²) in [5.74, 6) is 1.16. The average Bonchev–Trinajstić information content (AvgIpc) is 2.98. The van der Waals surface area contributed by atoms with E-state index in [-0.39, 0.29) is 11.8 Å². The maximum atomic E-state index is 12.6. The number of piperazine rings is 1. The highest BCUT2D eigenvalue weighted by molar-refractivity contribution is 5.79. The second-order valence-electron chi connectivity index (χ2n) is 7.48. The smallest absolute Gasteiger partial charge is 0.236 e. The molecule has 148 valence electrons. The number of rotatable bonds is 5. The molecule has 2 amide bonds. The van der Waals surface area contributed by atoms with E-state index >= 15 is 0 Å². The van der Waals surface area contributed by atoms with Crippen LogP contribution in [0.15, 0.2) is 24.3 Å². The molecule has 1 aromatic carbocycles. The lowest BCUT2D eigenvalue weighted by Gasteiger charge is -2.35. The first-order chi connectivity index (χ1) is 13.2. The van der Waals surface area contributed by atoms with Crippen LogP contribution in [0, 0.1) is 0 Å². The van der Waals surface area contributed by atoms with E-state index in [9.17, 15) is 9.59 Å². The number of methoxy groups -OCH3 is 1. The fourth-order valence-electron chi connectivity index (χ4n) is 3.84. The van der Waals surface area contributed by atoms with Crippen LogP contribution in [0.2, 0.25) is 0 Å². The number of carbonyl (C=O) groups is 2. The summed E-state index contributed by atoms with van der Waals surface area (Å²) < 4.78 is 5.22. The van der Waals surface area contributed by atoms with Crippen LogP contribution in [0.5, 0.6) is 5.75 Å². The number of hydrogen-bond acceptors (Lipinski definition) is 4. The van der Waals surface area contributed by atoms with Crippen molar-refractivity contribution in [3.8, 4) is 5.75 Å². The molecule has 0 radical (unpaired) electrons. The molecule has 1 aromatic rings. The second kappa shape index (κ2) is 9.74. The zero-order valence-corrected chi connectivity index (χ0v) is 16.4. The highest BCUT2D eigenvalue weighted by atomic mass is 16.5. The van der Waals surface area contributed by atoms with Gasteiger partial charge in [0.05, 0.1) is 20.1 Å². The van der Waals surface area contributed by atoms with Crippen molar-refractivity contribution in [1.82, 2.24) is 14.7 Å². The summed E-state index contributed by atoms with van der Waals surface area (Å²) in [6, 6.07) is 7.66. The standard InChI is InChI=1S/C21H31N3O3/c1-27-19-8-6-7-18(15-19)16-20(25)24-13-11-22(12-14-24)17-21(26)23-9-4-2-3-5-10-23/h6-8,15H,2-5,9-14,16-17H2,1H3. The molecule has 0 aliphatic carbocycles. The van der Waals surface area contributed by atoms with Crippen molar-refractivity contribution in [3.05, 3.63) is 29.8 Å². The number of ether oxygens (including phenoxy) is 1. The Kier molecular flexibility index (Phi) is 7.10. The minimum Gasteiger partial charge on any atom is -0.497 e. The third-order valence-corrected chi connectivity index (χ3v) is 5.53. The van der Waals surface area contributed by atoms with Crippen molar-refractivity contribution in [2.24, 2.45) is 0 Å². The summed E-state index contributed by atoms with van der Waals surface area (Å²) >= 11 is 0. The molecule has 0 saturated carbocycles. The molecule has 2 aliphatic rings. The van der Waals surface area contributed by atoms with Crippen LogP contribution in [-0.4, -0.2) is 79.4 Å². The van der Waals surface area contributed by atoms with Gasteiger partial charge in [-0.2, -0.15) is 0 Å². The summed E-state index contributed by atoms with van der Waals surface area (Å²) in [5, 5.41) is 0. The van der Waals surface area contributed by atoms with Gasteiger partial charge in [0, 0.05) is 39.3 Å². The van der Waals surface area contributed by atoms with Crippen LogP contribution in [0.25, 0.3) is 0 Å². The summed E-state index contributed by atoms with van der Waals surface area (Å²) in [4.78, 5) is 31.2. The van der Waals surface area contributed by atoms with Gasteiger partial charge in [-0.25, -0.2) is 0 Å². The van der Waals surface area contributed by atoms with Crippen LogP contribution in [0.3, 0.4) is 0 Å². The summed E-state index contributed by atoms with van der Waals surface area (Å²) in [6.45, 7) is 5.20. The number of benzene rings is 1. The first-order valence-electron chi connectivity index (χ1n) is 10.1. The van der Waals surface area contributed by atoms with E-state index in [1.807, 2.05) is 34.1 Å². The Labute approximate surface area is 162 Å². The molecule has 0 N–H and O–H groups in total. The van der Waals surface area contributed by atoms with Gasteiger partial charge in [0.1, 0.15) is 5.75 Å². The maximum absolute atomic E-state index is 12.6. The van der Waals surface area contributed by atoms with E-state index in [1.54, 1.807) is 7.11 Å². The highest BCUT2D eigenvalue weighted by Crippen LogP contribution is 2.15. The van der Waals surface area contributed by atoms with Gasteiger partial charge < -0.3 is 14.5 Å². The van der Waals surface area contributed by atoms with Gasteiger partial charge in [0.25, 0.3) is 0 Å². The molecule has 0 bridgehead atoms. The number of hydrogen-bond donors (Lipinski definition) is 0. The molecule has 2 aliphatic heterocycles. The summed E-state index contributed by atoms with van der Waals surface area (Å²) in [7, 11) is 1.63. The van der Waals surface area contributed by atoms with Crippen molar-refractivity contribution in [2.75, 3.05) is 52.9 Å². The van der Waals surface area contributed by atoms with Crippen molar-refractivity contribution in [3.63, 3.8) is 0 Å². The summed E-state index contributed by atoms with van der Waals surface area (Å²) in [6.07, 6.45) is 5.11. The van der Waals surface area contributed by atoms with Gasteiger partial charge in [-0.15, -0.1) is 0 Å². The highest BCUT2D eigenvalue weighted by Gasteiger charge is 2.24. The maximum Gasteiger partial charge on any atom is 0.236 e. The molecule has 0 unspecified atom stereocenters. The third-order valence-electron chi connectivity index (χ3n) is 5.53. The van der Waals surface area contributed by atoms with E-state index in [0.717, 1.165) is 50.3 Å². The normalized spacial score (nSPS) is 18.9. The van der Waals surface area contributed by atoms with Gasteiger partial charge in [0.15, 0.2) is 0 Å². The predicted molar refractivity (Wildman–Crippen MR) is 105 cm³/mol. The van der Waals surface area contributed by atoms with Crippen molar-refractivity contribution in [2.45, 2.75) is 32.1 Å². The Bertz CT molecular complexity index is 633. The Morgan fingerprint density at radius 3 is 2.22 bits per heavy atom. The van der Waals surface area contributed by atoms with E-state index in [2.05, 4.69) is 4.90 Å². The summed E-state index contributed by atoms with van der Waals surface area (Å²) in [5.41, 5.74) is 0.970. The second-order valence-corrected chi connectivity index (χ2v) is 7.48. The lowest BCUT2D eigenvalue weighted by molar-refractivity contribution is -0.134. The molecular formula is C21H31N3O3. The number of amides is 2. The fraction of sp³-hybridized carbons (Fsp3) is 0.619. The van der Waals surface area contributed by atoms with Gasteiger partial charge >= 0.3 is 0 Å². The van der Waals surface area contributed by atoms with Crippen LogP contribution in [-0.2, 0) is 16.0 Å². The Balaban J connectivity index is 1.43. The molecule has 0 aromatic heterocycles. The predicted octanol–water partition coefficient (Wildman–Crippen LogP) is 1.78. The molecule has 0 spiro atoms. The average molecular weight is 373 g/mol. The van der Waals surface area contributed by atoms with Crippen LogP contribution in [0.4, 0.5) is 0 Å². The van der Waals surface area contributed by atoms with E-state index in [0.29, 0.717) is 26.1 Å². The Morgan fingerprint density at radius 2 is 1.56 bits per heavy atom. The zero-order valence-electron chi connectivity index (χ0n) is 16.4. The first-order valence-corrected chi connectivity index (χ1v) is 10.1. The molecule has 3 rings (SSSR count). The van der Waals surface area contributed by atoms with E-state index in [4.69, 9.17) is 4.74 Å². The van der Waals surface area contributed by atoms with E-state index < -0.39 is 0 Å². The number of nitrogens with zero attached hydrogens (tertiary/aromatic N) is 3. The van der Waals surface area contributed by atoms with Crippen molar-refractivity contribution in [1.29, 1.82) is 0 Å². The van der Waals surface area contributed by atoms with Gasteiger partial charge in [0.2, 0.25) is 11.8 Å². The van der Waals surface area contributed by atoms with Gasteiger partial charge in [-0.1, -0.05) is 25.0 Å². The molecule has 2 heterocycles. The first kappa shape index (κ1) is 19.7. The quantitative estimate of drug-likeness (QED) is 0.790. The van der Waals surface area contributed by atoms with Crippen LogP contribution in [0.1, 0.15) is 31.2 Å². The molecule has 27 heavy (non-hydrogen) atoms. The number of carbonyl (C=O) groups excluding carboxylic acids is 2. The van der Waals surface area contributed by atoms with Crippen molar-refractivity contribution >= 4 is 11.8 Å². The largest absolute Gasteiger partial charge is 0.497 e. The molecule has 6 nitrogen and oxygen atoms in total. The lowest BCUT2D eigenvalue weighted by atomic mass is 10.1. The molecule has 2 saturated heterocycles. The SMILES string of the molecule is COc1cccc(CC(=O)N2CCN(CC(=O)N3CCCCCC3)CC2)c1. The minimum absolute atomic E-state index is 0.141. The molecule has 0 atom stereocenters. The van der Waals surface area contributed by atoms with Gasteiger partial charge in [-0.05, 0) is 30.5 Å².